The average molecular weight is 417 g/mol. The molecular formula is C25H36O5. The van der Waals surface area contributed by atoms with Crippen molar-refractivity contribution in [3.8, 4) is 0 Å². The summed E-state index contributed by atoms with van der Waals surface area (Å²) in [5, 5.41) is 19.7. The smallest absolute Gasteiger partial charge is 0.333 e. The molecule has 2 rings (SSSR count). The topological polar surface area (TPSA) is 83.8 Å². The van der Waals surface area contributed by atoms with Crippen LogP contribution in [0.15, 0.2) is 46.6 Å². The first-order chi connectivity index (χ1) is 14.1. The number of ether oxygens (including phenoxy) is 1. The highest BCUT2D eigenvalue weighted by Crippen LogP contribution is 2.43. The van der Waals surface area contributed by atoms with E-state index >= 15 is 0 Å². The minimum absolute atomic E-state index is 0.132. The zero-order valence-corrected chi connectivity index (χ0v) is 18.7. The molecule has 1 aliphatic carbocycles. The number of esters is 1. The van der Waals surface area contributed by atoms with Gasteiger partial charge in [0.1, 0.15) is 6.29 Å². The molecular weight excluding hydrogens is 380 g/mol. The molecule has 0 bridgehead atoms. The van der Waals surface area contributed by atoms with Crippen LogP contribution in [0.4, 0.5) is 0 Å². The number of rotatable bonds is 10. The van der Waals surface area contributed by atoms with E-state index in [1.165, 1.54) is 24.0 Å². The normalized spacial score (nSPS) is 25.5. The molecule has 166 valence electrons. The highest BCUT2D eigenvalue weighted by atomic mass is 16.6. The van der Waals surface area contributed by atoms with Crippen LogP contribution in [0.2, 0.25) is 0 Å². The SMILES string of the molecule is CC1=CCCC(C)(C)C1CC/C(C)=C/CC/C(C=O)=C/C[C@@H](O)C1=CC(=O)OC1O. The minimum atomic E-state index is -1.40. The molecule has 1 aliphatic heterocycles. The maximum atomic E-state index is 11.4. The molecule has 0 saturated heterocycles. The molecule has 0 aromatic rings. The third-order valence-corrected chi connectivity index (χ3v) is 6.44. The van der Waals surface area contributed by atoms with Crippen molar-refractivity contribution >= 4 is 12.3 Å². The van der Waals surface area contributed by atoms with Crippen molar-refractivity contribution in [1.82, 2.24) is 0 Å². The van der Waals surface area contributed by atoms with Gasteiger partial charge in [0.2, 0.25) is 6.29 Å². The number of allylic oxidation sites excluding steroid dienone is 5. The van der Waals surface area contributed by atoms with Gasteiger partial charge < -0.3 is 14.9 Å². The molecule has 0 amide bonds. The number of carbonyl (C=O) groups excluding carboxylic acids is 2. The van der Waals surface area contributed by atoms with Crippen LogP contribution in [0.25, 0.3) is 0 Å². The van der Waals surface area contributed by atoms with E-state index in [0.717, 1.165) is 31.6 Å². The summed E-state index contributed by atoms with van der Waals surface area (Å²) in [5.74, 6) is -0.0447. The molecule has 0 aromatic carbocycles. The quantitative estimate of drug-likeness (QED) is 0.236. The Morgan fingerprint density at radius 2 is 2.07 bits per heavy atom. The van der Waals surface area contributed by atoms with E-state index in [1.54, 1.807) is 6.08 Å². The van der Waals surface area contributed by atoms with Gasteiger partial charge in [0.25, 0.3) is 0 Å². The van der Waals surface area contributed by atoms with E-state index in [1.807, 2.05) is 0 Å². The van der Waals surface area contributed by atoms with Crippen LogP contribution >= 0.6 is 0 Å². The van der Waals surface area contributed by atoms with Crippen LogP contribution < -0.4 is 0 Å². The second-order valence-electron chi connectivity index (χ2n) is 9.24. The first-order valence-corrected chi connectivity index (χ1v) is 10.9. The van der Waals surface area contributed by atoms with Crippen molar-refractivity contribution in [1.29, 1.82) is 0 Å². The van der Waals surface area contributed by atoms with Crippen molar-refractivity contribution in [2.45, 2.75) is 85.0 Å². The van der Waals surface area contributed by atoms with Gasteiger partial charge in [-0.05, 0) is 75.7 Å². The summed E-state index contributed by atoms with van der Waals surface area (Å²) in [5.41, 5.74) is 3.94. The van der Waals surface area contributed by atoms with Gasteiger partial charge in [-0.3, -0.25) is 4.79 Å². The number of carbonyl (C=O) groups is 2. The summed E-state index contributed by atoms with van der Waals surface area (Å²) >= 11 is 0. The van der Waals surface area contributed by atoms with E-state index in [-0.39, 0.29) is 12.0 Å². The molecule has 0 radical (unpaired) electrons. The van der Waals surface area contributed by atoms with Gasteiger partial charge in [0.15, 0.2) is 0 Å². The van der Waals surface area contributed by atoms with Crippen molar-refractivity contribution in [3.63, 3.8) is 0 Å². The number of aliphatic hydroxyl groups excluding tert-OH is 2. The molecule has 0 aromatic heterocycles. The number of hydrogen-bond donors (Lipinski definition) is 2. The maximum Gasteiger partial charge on any atom is 0.333 e. The Hall–Kier alpha value is -1.98. The summed E-state index contributed by atoms with van der Waals surface area (Å²) in [4.78, 5) is 22.5. The van der Waals surface area contributed by atoms with Crippen LogP contribution in [0.1, 0.15) is 72.6 Å². The molecule has 2 N–H and O–H groups in total. The molecule has 1 heterocycles. The fourth-order valence-electron chi connectivity index (χ4n) is 4.47. The third-order valence-electron chi connectivity index (χ3n) is 6.44. The Labute approximate surface area is 180 Å². The van der Waals surface area contributed by atoms with Crippen molar-refractivity contribution < 1.29 is 24.5 Å². The highest BCUT2D eigenvalue weighted by molar-refractivity contribution is 5.85. The maximum absolute atomic E-state index is 11.4. The van der Waals surface area contributed by atoms with Crippen molar-refractivity contribution in [2.24, 2.45) is 11.3 Å². The molecule has 0 spiro atoms. The number of aliphatic hydroxyl groups is 2. The monoisotopic (exact) mass is 416 g/mol. The first-order valence-electron chi connectivity index (χ1n) is 10.9. The largest absolute Gasteiger partial charge is 0.429 e. The molecule has 5 nitrogen and oxygen atoms in total. The highest BCUT2D eigenvalue weighted by Gasteiger charge is 2.32. The van der Waals surface area contributed by atoms with E-state index in [2.05, 4.69) is 44.6 Å². The van der Waals surface area contributed by atoms with Crippen molar-refractivity contribution in [2.75, 3.05) is 0 Å². The Morgan fingerprint density at radius 1 is 1.33 bits per heavy atom. The van der Waals surface area contributed by atoms with Crippen molar-refractivity contribution in [3.05, 3.63) is 46.6 Å². The lowest BCUT2D eigenvalue weighted by atomic mass is 9.67. The van der Waals surface area contributed by atoms with E-state index < -0.39 is 18.4 Å². The van der Waals surface area contributed by atoms with Crippen LogP contribution in [-0.2, 0) is 14.3 Å². The standard InChI is InChI=1S/C25H36O5/c1-17(10-12-21-18(2)8-6-14-25(21,3)4)7-5-9-19(16-26)11-13-22(27)20-15-23(28)30-24(20)29/h7-8,11,15-16,21-22,24,27,29H,5-6,9-10,12-14H2,1-4H3/b17-7+,19-11-/t21?,22-,24?/m1/s1. The molecule has 3 atom stereocenters. The lowest BCUT2D eigenvalue weighted by Crippen LogP contribution is -2.27. The second-order valence-corrected chi connectivity index (χ2v) is 9.24. The fourth-order valence-corrected chi connectivity index (χ4v) is 4.47. The Morgan fingerprint density at radius 3 is 2.67 bits per heavy atom. The van der Waals surface area contributed by atoms with E-state index in [9.17, 15) is 19.8 Å². The van der Waals surface area contributed by atoms with E-state index in [0.29, 0.717) is 23.3 Å². The van der Waals surface area contributed by atoms with Gasteiger partial charge in [0.05, 0.1) is 6.10 Å². The summed E-state index contributed by atoms with van der Waals surface area (Å²) < 4.78 is 4.57. The van der Waals surface area contributed by atoms with Gasteiger partial charge >= 0.3 is 5.97 Å². The summed E-state index contributed by atoms with van der Waals surface area (Å²) in [6.45, 7) is 9.13. The Balaban J connectivity index is 1.82. The Bertz CT molecular complexity index is 754. The molecule has 2 unspecified atom stereocenters. The predicted molar refractivity (Wildman–Crippen MR) is 117 cm³/mol. The van der Waals surface area contributed by atoms with Gasteiger partial charge in [-0.15, -0.1) is 0 Å². The summed E-state index contributed by atoms with van der Waals surface area (Å²) in [6, 6.07) is 0. The van der Waals surface area contributed by atoms with Crippen LogP contribution in [-0.4, -0.2) is 34.9 Å². The molecule has 0 saturated carbocycles. The zero-order chi connectivity index (χ0) is 22.3. The predicted octanol–water partition coefficient (Wildman–Crippen LogP) is 4.55. The molecule has 0 fully saturated rings. The first kappa shape index (κ1) is 24.3. The minimum Gasteiger partial charge on any atom is -0.429 e. The third kappa shape index (κ3) is 6.78. The van der Waals surface area contributed by atoms with Gasteiger partial charge in [-0.1, -0.05) is 43.2 Å². The van der Waals surface area contributed by atoms with Crippen LogP contribution in [0, 0.1) is 11.3 Å². The molecule has 5 heteroatoms. The Kier molecular flexibility index (Phi) is 8.80. The van der Waals surface area contributed by atoms with Gasteiger partial charge in [-0.25, -0.2) is 4.79 Å². The lowest BCUT2D eigenvalue weighted by Gasteiger charge is -2.38. The fraction of sp³-hybridized carbons (Fsp3) is 0.600. The average Bonchev–Trinajstić information content (AvgIpc) is 3.01. The second kappa shape index (κ2) is 10.9. The lowest BCUT2D eigenvalue weighted by molar-refractivity contribution is -0.151. The number of cyclic esters (lactones) is 1. The molecule has 30 heavy (non-hydrogen) atoms. The van der Waals surface area contributed by atoms with E-state index in [4.69, 9.17) is 0 Å². The van der Waals surface area contributed by atoms with Gasteiger partial charge in [0, 0.05) is 11.6 Å². The zero-order valence-electron chi connectivity index (χ0n) is 18.7. The van der Waals surface area contributed by atoms with Crippen LogP contribution in [0.3, 0.4) is 0 Å². The number of aldehydes is 1. The number of hydrogen-bond acceptors (Lipinski definition) is 5. The summed E-state index contributed by atoms with van der Waals surface area (Å²) in [6.07, 6.45) is 11.8. The van der Waals surface area contributed by atoms with Gasteiger partial charge in [-0.2, -0.15) is 0 Å². The van der Waals surface area contributed by atoms with Crippen LogP contribution in [0.5, 0.6) is 0 Å². The summed E-state index contributed by atoms with van der Waals surface area (Å²) in [7, 11) is 0. The molecule has 2 aliphatic rings.